The van der Waals surface area contributed by atoms with E-state index in [0.717, 1.165) is 30.4 Å². The molecule has 1 aliphatic rings. The number of benzene rings is 2. The highest BCUT2D eigenvalue weighted by Crippen LogP contribution is 2.41. The van der Waals surface area contributed by atoms with E-state index < -0.39 is 12.1 Å². The highest BCUT2D eigenvalue weighted by Gasteiger charge is 2.32. The van der Waals surface area contributed by atoms with E-state index in [9.17, 15) is 5.11 Å². The van der Waals surface area contributed by atoms with Gasteiger partial charge in [0.1, 0.15) is 12.4 Å². The molecule has 2 aromatic carbocycles. The Kier molecular flexibility index (Phi) is 6.01. The standard InChI is InChI=1S/C21H27NO4/c1-24-18-11-16(20(22)21(23)15-9-6-10-15)17(12-19(18)25-2)26-13-14-7-4-3-5-8-14/h3-5,7-8,11-12,15,20-21,23H,6,9-10,13,22H2,1-2H3/t20-,21+/m0/s1. The molecule has 5 heteroatoms. The maximum Gasteiger partial charge on any atom is 0.164 e. The van der Waals surface area contributed by atoms with Gasteiger partial charge in [0.25, 0.3) is 0 Å². The van der Waals surface area contributed by atoms with Crippen molar-refractivity contribution < 1.29 is 19.3 Å². The van der Waals surface area contributed by atoms with Crippen LogP contribution in [0.1, 0.15) is 36.4 Å². The minimum Gasteiger partial charge on any atom is -0.493 e. The van der Waals surface area contributed by atoms with Crippen LogP contribution in [0, 0.1) is 5.92 Å². The van der Waals surface area contributed by atoms with E-state index in [1.54, 1.807) is 20.3 Å². The van der Waals surface area contributed by atoms with E-state index in [2.05, 4.69) is 0 Å². The molecule has 0 amide bonds. The summed E-state index contributed by atoms with van der Waals surface area (Å²) in [5, 5.41) is 10.6. The van der Waals surface area contributed by atoms with E-state index in [0.29, 0.717) is 23.9 Å². The molecule has 0 radical (unpaired) electrons. The van der Waals surface area contributed by atoms with Crippen LogP contribution in [0.25, 0.3) is 0 Å². The Balaban J connectivity index is 1.88. The Morgan fingerprint density at radius 3 is 2.27 bits per heavy atom. The number of hydrogen-bond acceptors (Lipinski definition) is 5. The molecule has 2 aromatic rings. The molecule has 0 unspecified atom stereocenters. The van der Waals surface area contributed by atoms with Crippen LogP contribution in [0.2, 0.25) is 0 Å². The Labute approximate surface area is 154 Å². The normalized spacial score (nSPS) is 16.5. The van der Waals surface area contributed by atoms with Crippen molar-refractivity contribution in [1.29, 1.82) is 0 Å². The maximum atomic E-state index is 10.6. The monoisotopic (exact) mass is 357 g/mol. The second-order valence-electron chi connectivity index (χ2n) is 6.73. The smallest absolute Gasteiger partial charge is 0.164 e. The molecule has 0 aliphatic heterocycles. The molecule has 2 atom stereocenters. The lowest BCUT2D eigenvalue weighted by atomic mass is 9.77. The van der Waals surface area contributed by atoms with Gasteiger partial charge in [-0.3, -0.25) is 0 Å². The Hall–Kier alpha value is -2.24. The van der Waals surface area contributed by atoms with Crippen LogP contribution in [0.4, 0.5) is 0 Å². The largest absolute Gasteiger partial charge is 0.493 e. The van der Waals surface area contributed by atoms with Crippen molar-refractivity contribution in [3.8, 4) is 17.2 Å². The number of hydrogen-bond donors (Lipinski definition) is 2. The van der Waals surface area contributed by atoms with Crippen molar-refractivity contribution in [1.82, 2.24) is 0 Å². The lowest BCUT2D eigenvalue weighted by Gasteiger charge is -2.34. The lowest BCUT2D eigenvalue weighted by molar-refractivity contribution is 0.0404. The Bertz CT molecular complexity index is 715. The Morgan fingerprint density at radius 1 is 1.04 bits per heavy atom. The molecule has 5 nitrogen and oxygen atoms in total. The maximum absolute atomic E-state index is 10.6. The highest BCUT2D eigenvalue weighted by molar-refractivity contribution is 5.52. The van der Waals surface area contributed by atoms with Gasteiger partial charge in [-0.05, 0) is 30.4 Å². The van der Waals surface area contributed by atoms with Gasteiger partial charge in [-0.1, -0.05) is 36.8 Å². The first-order valence-electron chi connectivity index (χ1n) is 9.00. The first-order valence-corrected chi connectivity index (χ1v) is 9.00. The zero-order valence-corrected chi connectivity index (χ0v) is 15.4. The molecular weight excluding hydrogens is 330 g/mol. The van der Waals surface area contributed by atoms with E-state index in [-0.39, 0.29) is 5.92 Å². The molecule has 3 N–H and O–H groups in total. The van der Waals surface area contributed by atoms with E-state index in [1.165, 1.54) is 0 Å². The van der Waals surface area contributed by atoms with E-state index in [1.807, 2.05) is 36.4 Å². The number of aliphatic hydroxyl groups is 1. The second-order valence-corrected chi connectivity index (χ2v) is 6.73. The first-order chi connectivity index (χ1) is 12.6. The molecule has 0 spiro atoms. The van der Waals surface area contributed by atoms with Gasteiger partial charge < -0.3 is 25.1 Å². The molecule has 0 bridgehead atoms. The summed E-state index contributed by atoms with van der Waals surface area (Å²) in [5.74, 6) is 2.01. The van der Waals surface area contributed by atoms with Crippen molar-refractivity contribution in [2.24, 2.45) is 11.7 Å². The summed E-state index contributed by atoms with van der Waals surface area (Å²) >= 11 is 0. The fraction of sp³-hybridized carbons (Fsp3) is 0.429. The zero-order chi connectivity index (χ0) is 18.5. The molecule has 140 valence electrons. The van der Waals surface area contributed by atoms with Gasteiger partial charge in [0.05, 0.1) is 26.4 Å². The van der Waals surface area contributed by atoms with Gasteiger partial charge in [0.2, 0.25) is 0 Å². The third-order valence-electron chi connectivity index (χ3n) is 5.11. The fourth-order valence-corrected chi connectivity index (χ4v) is 3.26. The molecule has 1 aliphatic carbocycles. The second kappa shape index (κ2) is 8.43. The average Bonchev–Trinajstić information content (AvgIpc) is 2.64. The van der Waals surface area contributed by atoms with E-state index in [4.69, 9.17) is 19.9 Å². The molecule has 1 saturated carbocycles. The highest BCUT2D eigenvalue weighted by atomic mass is 16.5. The van der Waals surface area contributed by atoms with Crippen LogP contribution in [0.5, 0.6) is 17.2 Å². The molecular formula is C21H27NO4. The number of rotatable bonds is 8. The molecule has 0 heterocycles. The van der Waals surface area contributed by atoms with Crippen molar-refractivity contribution in [3.63, 3.8) is 0 Å². The summed E-state index contributed by atoms with van der Waals surface area (Å²) in [6, 6.07) is 13.0. The predicted molar refractivity (Wildman–Crippen MR) is 101 cm³/mol. The van der Waals surface area contributed by atoms with Crippen molar-refractivity contribution in [2.75, 3.05) is 14.2 Å². The minimum absolute atomic E-state index is 0.250. The number of nitrogens with two attached hydrogens (primary N) is 1. The first kappa shape index (κ1) is 18.5. The zero-order valence-electron chi connectivity index (χ0n) is 15.4. The summed E-state index contributed by atoms with van der Waals surface area (Å²) in [5.41, 5.74) is 8.20. The van der Waals surface area contributed by atoms with Crippen LogP contribution < -0.4 is 19.9 Å². The number of aliphatic hydroxyl groups excluding tert-OH is 1. The third kappa shape index (κ3) is 3.94. The molecule has 1 fully saturated rings. The summed E-state index contributed by atoms with van der Waals surface area (Å²) in [6.45, 7) is 0.412. The van der Waals surface area contributed by atoms with Gasteiger partial charge in [-0.25, -0.2) is 0 Å². The molecule has 3 rings (SSSR count). The van der Waals surface area contributed by atoms with Gasteiger partial charge in [0.15, 0.2) is 11.5 Å². The molecule has 0 aromatic heterocycles. The average molecular weight is 357 g/mol. The third-order valence-corrected chi connectivity index (χ3v) is 5.11. The SMILES string of the molecule is COc1cc(OCc2ccccc2)c([C@H](N)[C@H](O)C2CCC2)cc1OC. The van der Waals surface area contributed by atoms with Crippen LogP contribution in [0.3, 0.4) is 0 Å². The number of ether oxygens (including phenoxy) is 3. The van der Waals surface area contributed by atoms with Gasteiger partial charge in [-0.15, -0.1) is 0 Å². The van der Waals surface area contributed by atoms with Crippen molar-refractivity contribution in [3.05, 3.63) is 53.6 Å². The molecule has 26 heavy (non-hydrogen) atoms. The minimum atomic E-state index is -0.596. The summed E-state index contributed by atoms with van der Waals surface area (Å²) < 4.78 is 16.8. The number of methoxy groups -OCH3 is 2. The van der Waals surface area contributed by atoms with Gasteiger partial charge in [-0.2, -0.15) is 0 Å². The van der Waals surface area contributed by atoms with Crippen molar-refractivity contribution in [2.45, 2.75) is 38.0 Å². The Morgan fingerprint density at radius 2 is 1.69 bits per heavy atom. The fourth-order valence-electron chi connectivity index (χ4n) is 3.26. The van der Waals surface area contributed by atoms with E-state index >= 15 is 0 Å². The van der Waals surface area contributed by atoms with Crippen molar-refractivity contribution >= 4 is 0 Å². The quantitative estimate of drug-likeness (QED) is 0.757. The summed E-state index contributed by atoms with van der Waals surface area (Å²) in [4.78, 5) is 0. The summed E-state index contributed by atoms with van der Waals surface area (Å²) in [6.07, 6.45) is 2.59. The van der Waals surface area contributed by atoms with Crippen LogP contribution in [0.15, 0.2) is 42.5 Å². The predicted octanol–water partition coefficient (Wildman–Crippen LogP) is 3.44. The lowest BCUT2D eigenvalue weighted by Crippen LogP contribution is -2.36. The van der Waals surface area contributed by atoms with Crippen LogP contribution >= 0.6 is 0 Å². The van der Waals surface area contributed by atoms with Crippen LogP contribution in [-0.2, 0) is 6.61 Å². The molecule has 0 saturated heterocycles. The summed E-state index contributed by atoms with van der Waals surface area (Å²) in [7, 11) is 3.17. The topological polar surface area (TPSA) is 73.9 Å². The van der Waals surface area contributed by atoms with Crippen LogP contribution in [-0.4, -0.2) is 25.4 Å². The van der Waals surface area contributed by atoms with Gasteiger partial charge in [0, 0.05) is 11.6 Å². The van der Waals surface area contributed by atoms with Gasteiger partial charge >= 0.3 is 0 Å².